The summed E-state index contributed by atoms with van der Waals surface area (Å²) in [5.74, 6) is 0.445. The van der Waals surface area contributed by atoms with Crippen LogP contribution in [0.5, 0.6) is 5.75 Å². The van der Waals surface area contributed by atoms with E-state index in [1.807, 2.05) is 24.3 Å². The van der Waals surface area contributed by atoms with Crippen molar-refractivity contribution in [3.8, 4) is 5.75 Å². The van der Waals surface area contributed by atoms with Crippen LogP contribution in [-0.2, 0) is 15.4 Å². The van der Waals surface area contributed by atoms with E-state index < -0.39 is 10.0 Å². The van der Waals surface area contributed by atoms with E-state index in [1.165, 1.54) is 7.05 Å². The van der Waals surface area contributed by atoms with E-state index in [1.54, 1.807) is 24.3 Å². The number of amides is 1. The van der Waals surface area contributed by atoms with Gasteiger partial charge in [-0.3, -0.25) is 9.10 Å². The van der Waals surface area contributed by atoms with E-state index in [0.29, 0.717) is 24.4 Å². The minimum atomic E-state index is -3.46. The second-order valence-corrected chi connectivity index (χ2v) is 9.61. The van der Waals surface area contributed by atoms with E-state index in [-0.39, 0.29) is 11.3 Å². The third-order valence-electron chi connectivity index (χ3n) is 4.33. The van der Waals surface area contributed by atoms with Gasteiger partial charge < -0.3 is 10.1 Å². The molecule has 0 spiro atoms. The molecule has 0 bridgehead atoms. The Labute approximate surface area is 167 Å². The lowest BCUT2D eigenvalue weighted by atomic mass is 9.86. The van der Waals surface area contributed by atoms with Crippen LogP contribution in [0.25, 0.3) is 0 Å². The van der Waals surface area contributed by atoms with Crippen LogP contribution in [0.4, 0.5) is 5.69 Å². The highest BCUT2D eigenvalue weighted by molar-refractivity contribution is 7.92. The molecule has 0 aliphatic carbocycles. The summed E-state index contributed by atoms with van der Waals surface area (Å²) in [6, 6.07) is 14.4. The maximum atomic E-state index is 12.5. The molecule has 2 aromatic carbocycles. The highest BCUT2D eigenvalue weighted by atomic mass is 32.2. The number of sulfonamides is 1. The molecule has 0 aromatic heterocycles. The summed E-state index contributed by atoms with van der Waals surface area (Å²) in [7, 11) is -2.04. The lowest BCUT2D eigenvalue weighted by Crippen LogP contribution is -2.32. The smallest absolute Gasteiger partial charge is 0.253 e. The van der Waals surface area contributed by atoms with E-state index in [4.69, 9.17) is 4.74 Å². The molecule has 0 fully saturated rings. The van der Waals surface area contributed by atoms with Crippen LogP contribution < -0.4 is 14.4 Å². The zero-order chi connectivity index (χ0) is 20.9. The summed E-state index contributed by atoms with van der Waals surface area (Å²) in [6.45, 7) is 6.96. The van der Waals surface area contributed by atoms with Crippen LogP contribution in [0.1, 0.15) is 36.7 Å². The van der Waals surface area contributed by atoms with Crippen LogP contribution in [0.2, 0.25) is 0 Å². The third kappa shape index (κ3) is 5.48. The molecule has 2 aromatic rings. The maximum Gasteiger partial charge on any atom is 0.253 e. The predicted molar refractivity (Wildman–Crippen MR) is 113 cm³/mol. The first kappa shape index (κ1) is 21.8. The molecule has 0 saturated heterocycles. The molecule has 1 N–H and O–H groups in total. The number of para-hydroxylation sites is 2. The Bertz CT molecular complexity index is 933. The van der Waals surface area contributed by atoms with E-state index in [0.717, 1.165) is 21.9 Å². The first-order valence-electron chi connectivity index (χ1n) is 9.05. The molecule has 0 aliphatic rings. The van der Waals surface area contributed by atoms with Crippen molar-refractivity contribution in [1.29, 1.82) is 0 Å². The van der Waals surface area contributed by atoms with Crippen molar-refractivity contribution >= 4 is 21.6 Å². The monoisotopic (exact) mass is 404 g/mol. The molecule has 152 valence electrons. The van der Waals surface area contributed by atoms with Gasteiger partial charge in [0.2, 0.25) is 10.0 Å². The lowest BCUT2D eigenvalue weighted by Gasteiger charge is -2.23. The maximum absolute atomic E-state index is 12.5. The number of rotatable bonds is 7. The van der Waals surface area contributed by atoms with Crippen LogP contribution in [0.3, 0.4) is 0 Å². The summed E-state index contributed by atoms with van der Waals surface area (Å²) in [4.78, 5) is 12.5. The highest BCUT2D eigenvalue weighted by Gasteiger charge is 2.20. The molecule has 0 saturated carbocycles. The van der Waals surface area contributed by atoms with Crippen molar-refractivity contribution in [1.82, 2.24) is 5.32 Å². The molecule has 2 rings (SSSR count). The fraction of sp³-hybridized carbons (Fsp3) is 0.381. The minimum Gasteiger partial charge on any atom is -0.491 e. The van der Waals surface area contributed by atoms with Gasteiger partial charge >= 0.3 is 0 Å². The van der Waals surface area contributed by atoms with Gasteiger partial charge in [0.25, 0.3) is 5.91 Å². The molecular formula is C21H28N2O4S. The van der Waals surface area contributed by atoms with Crippen molar-refractivity contribution < 1.29 is 17.9 Å². The van der Waals surface area contributed by atoms with Crippen molar-refractivity contribution in [2.45, 2.75) is 26.2 Å². The summed E-state index contributed by atoms with van der Waals surface area (Å²) in [5, 5.41) is 2.79. The number of benzene rings is 2. The Morgan fingerprint density at radius 3 is 2.32 bits per heavy atom. The normalized spacial score (nSPS) is 11.8. The SMILES string of the molecule is CN(c1ccccc1C(=O)NCCOc1ccccc1C(C)(C)C)S(C)(=O)=O. The number of nitrogens with one attached hydrogen (secondary N) is 1. The van der Waals surface area contributed by atoms with E-state index in [2.05, 4.69) is 26.1 Å². The number of carbonyl (C=O) groups excluding carboxylic acids is 1. The van der Waals surface area contributed by atoms with Gasteiger partial charge in [-0.05, 0) is 29.2 Å². The zero-order valence-electron chi connectivity index (χ0n) is 17.0. The average Bonchev–Trinajstić information content (AvgIpc) is 2.63. The Balaban J connectivity index is 2.02. The second kappa shape index (κ2) is 8.65. The van der Waals surface area contributed by atoms with Crippen LogP contribution in [-0.4, -0.2) is 40.8 Å². The zero-order valence-corrected chi connectivity index (χ0v) is 17.8. The number of anilines is 1. The number of hydrogen-bond donors (Lipinski definition) is 1. The van der Waals surface area contributed by atoms with Gasteiger partial charge in [0, 0.05) is 7.05 Å². The molecular weight excluding hydrogens is 376 g/mol. The summed E-state index contributed by atoms with van der Waals surface area (Å²) in [6.07, 6.45) is 1.10. The van der Waals surface area contributed by atoms with E-state index in [9.17, 15) is 13.2 Å². The second-order valence-electron chi connectivity index (χ2n) is 7.60. The summed E-state index contributed by atoms with van der Waals surface area (Å²) in [5.41, 5.74) is 1.68. The standard InChI is InChI=1S/C21H28N2O4S/c1-21(2,3)17-11-7-9-13-19(17)27-15-14-22-20(24)16-10-6-8-12-18(16)23(4)28(5,25)26/h6-13H,14-15H2,1-5H3,(H,22,24). The molecule has 0 heterocycles. The summed E-state index contributed by atoms with van der Waals surface area (Å²) >= 11 is 0. The Morgan fingerprint density at radius 1 is 1.07 bits per heavy atom. The van der Waals surface area contributed by atoms with Gasteiger partial charge in [0.1, 0.15) is 12.4 Å². The average molecular weight is 405 g/mol. The van der Waals surface area contributed by atoms with Crippen LogP contribution in [0, 0.1) is 0 Å². The van der Waals surface area contributed by atoms with Crippen molar-refractivity contribution in [2.24, 2.45) is 0 Å². The van der Waals surface area contributed by atoms with E-state index >= 15 is 0 Å². The van der Waals surface area contributed by atoms with Gasteiger partial charge in [-0.25, -0.2) is 8.42 Å². The Hall–Kier alpha value is -2.54. The highest BCUT2D eigenvalue weighted by Crippen LogP contribution is 2.30. The van der Waals surface area contributed by atoms with Crippen LogP contribution in [0.15, 0.2) is 48.5 Å². The minimum absolute atomic E-state index is 0.0466. The first-order chi connectivity index (χ1) is 13.0. The summed E-state index contributed by atoms with van der Waals surface area (Å²) < 4.78 is 30.6. The van der Waals surface area contributed by atoms with Gasteiger partial charge in [-0.2, -0.15) is 0 Å². The topological polar surface area (TPSA) is 75.7 Å². The molecule has 1 amide bonds. The molecule has 0 aliphatic heterocycles. The lowest BCUT2D eigenvalue weighted by molar-refractivity contribution is 0.0947. The fourth-order valence-electron chi connectivity index (χ4n) is 2.75. The number of hydrogen-bond acceptors (Lipinski definition) is 4. The molecule has 6 nitrogen and oxygen atoms in total. The third-order valence-corrected chi connectivity index (χ3v) is 5.52. The Morgan fingerprint density at radius 2 is 1.68 bits per heavy atom. The first-order valence-corrected chi connectivity index (χ1v) is 10.9. The van der Waals surface area contributed by atoms with Crippen molar-refractivity contribution in [3.05, 3.63) is 59.7 Å². The fourth-order valence-corrected chi connectivity index (χ4v) is 3.27. The predicted octanol–water partition coefficient (Wildman–Crippen LogP) is 3.19. The van der Waals surface area contributed by atoms with Gasteiger partial charge in [-0.15, -0.1) is 0 Å². The molecule has 0 radical (unpaired) electrons. The number of ether oxygens (including phenoxy) is 1. The number of nitrogens with zero attached hydrogens (tertiary/aromatic N) is 1. The molecule has 0 unspecified atom stereocenters. The van der Waals surface area contributed by atoms with Crippen LogP contribution >= 0.6 is 0 Å². The molecule has 28 heavy (non-hydrogen) atoms. The van der Waals surface area contributed by atoms with Gasteiger partial charge in [0.05, 0.1) is 24.1 Å². The Kier molecular flexibility index (Phi) is 6.72. The molecule has 0 atom stereocenters. The van der Waals surface area contributed by atoms with Gasteiger partial charge in [0.15, 0.2) is 0 Å². The molecule has 7 heteroatoms. The quantitative estimate of drug-likeness (QED) is 0.719. The van der Waals surface area contributed by atoms with Gasteiger partial charge in [-0.1, -0.05) is 51.1 Å². The van der Waals surface area contributed by atoms with Crippen molar-refractivity contribution in [3.63, 3.8) is 0 Å². The number of carbonyl (C=O) groups is 1. The largest absolute Gasteiger partial charge is 0.491 e. The van der Waals surface area contributed by atoms with Crippen molar-refractivity contribution in [2.75, 3.05) is 30.8 Å².